The fourth-order valence-electron chi connectivity index (χ4n) is 3.78. The van der Waals surface area contributed by atoms with Crippen LogP contribution in [0.1, 0.15) is 54.7 Å². The molecule has 1 amide bonds. The first-order chi connectivity index (χ1) is 12.8. The summed E-state index contributed by atoms with van der Waals surface area (Å²) in [7, 11) is 0. The van der Waals surface area contributed by atoms with Crippen molar-refractivity contribution in [2.45, 2.75) is 45.1 Å². The van der Waals surface area contributed by atoms with Crippen LogP contribution in [0.25, 0.3) is 0 Å². The van der Waals surface area contributed by atoms with Crippen LogP contribution in [-0.2, 0) is 6.54 Å². The second-order valence-corrected chi connectivity index (χ2v) is 6.99. The Morgan fingerprint density at radius 2 is 2.19 bits per heavy atom. The Bertz CT molecular complexity index is 786. The van der Waals surface area contributed by atoms with Gasteiger partial charge in [0.1, 0.15) is 5.82 Å². The van der Waals surface area contributed by atoms with Gasteiger partial charge in [-0.15, -0.1) is 0 Å². The van der Waals surface area contributed by atoms with Gasteiger partial charge in [0.05, 0.1) is 0 Å². The van der Waals surface area contributed by atoms with Crippen LogP contribution < -0.4 is 9.47 Å². The lowest BCUT2D eigenvalue weighted by molar-refractivity contribution is 0.0703. The first-order valence-electron chi connectivity index (χ1n) is 9.46. The average Bonchev–Trinajstić information content (AvgIpc) is 3.34. The zero-order chi connectivity index (χ0) is 17.9. The van der Waals surface area contributed by atoms with Gasteiger partial charge in [0.15, 0.2) is 11.5 Å². The Labute approximate surface area is 153 Å². The summed E-state index contributed by atoms with van der Waals surface area (Å²) in [5.41, 5.74) is 0.657. The highest BCUT2D eigenvalue weighted by Gasteiger charge is 2.28. The summed E-state index contributed by atoms with van der Waals surface area (Å²) in [6, 6.07) is 5.42. The van der Waals surface area contributed by atoms with Crippen molar-refractivity contribution in [1.82, 2.24) is 14.5 Å². The number of aryl methyl sites for hydroxylation is 1. The number of rotatable bonds is 5. The summed E-state index contributed by atoms with van der Waals surface area (Å²) in [5, 5.41) is 0. The van der Waals surface area contributed by atoms with Gasteiger partial charge >= 0.3 is 0 Å². The molecule has 0 aliphatic carbocycles. The van der Waals surface area contributed by atoms with Gasteiger partial charge in [0.25, 0.3) is 5.91 Å². The molecule has 3 heterocycles. The van der Waals surface area contributed by atoms with E-state index in [1.54, 1.807) is 6.07 Å². The number of amides is 1. The van der Waals surface area contributed by atoms with Crippen LogP contribution in [-0.4, -0.2) is 40.2 Å². The number of hydrogen-bond acceptors (Lipinski definition) is 4. The minimum atomic E-state index is 0.0552. The van der Waals surface area contributed by atoms with E-state index in [0.29, 0.717) is 23.0 Å². The molecule has 1 unspecified atom stereocenters. The zero-order valence-electron chi connectivity index (χ0n) is 15.2. The second kappa shape index (κ2) is 7.40. The molecule has 0 bridgehead atoms. The van der Waals surface area contributed by atoms with Crippen molar-refractivity contribution >= 4 is 5.91 Å². The summed E-state index contributed by atoms with van der Waals surface area (Å²) >= 11 is 0. The Morgan fingerprint density at radius 3 is 3.08 bits per heavy atom. The molecule has 2 aliphatic rings. The van der Waals surface area contributed by atoms with Crippen LogP contribution in [0.5, 0.6) is 11.5 Å². The first kappa shape index (κ1) is 16.9. The van der Waals surface area contributed by atoms with E-state index in [9.17, 15) is 4.79 Å². The Morgan fingerprint density at radius 1 is 1.31 bits per heavy atom. The molecule has 1 atom stereocenters. The van der Waals surface area contributed by atoms with Crippen molar-refractivity contribution in [3.63, 3.8) is 0 Å². The molecule has 6 heteroatoms. The van der Waals surface area contributed by atoms with Gasteiger partial charge in [-0.1, -0.05) is 13.3 Å². The van der Waals surface area contributed by atoms with E-state index < -0.39 is 0 Å². The lowest BCUT2D eigenvalue weighted by Crippen LogP contribution is -2.39. The summed E-state index contributed by atoms with van der Waals surface area (Å²) in [6.45, 7) is 4.93. The molecule has 1 aromatic carbocycles. The van der Waals surface area contributed by atoms with Gasteiger partial charge in [-0.25, -0.2) is 4.98 Å². The zero-order valence-corrected chi connectivity index (χ0v) is 15.2. The summed E-state index contributed by atoms with van der Waals surface area (Å²) in [5.74, 6) is 2.82. The molecule has 26 heavy (non-hydrogen) atoms. The van der Waals surface area contributed by atoms with Crippen molar-refractivity contribution in [2.24, 2.45) is 0 Å². The Hall–Kier alpha value is -2.50. The highest BCUT2D eigenvalue weighted by Crippen LogP contribution is 2.33. The molecule has 0 radical (unpaired) electrons. The third kappa shape index (κ3) is 3.28. The van der Waals surface area contributed by atoms with E-state index in [2.05, 4.69) is 22.7 Å². The summed E-state index contributed by atoms with van der Waals surface area (Å²) in [6.07, 6.45) is 8.33. The number of carbonyl (C=O) groups is 1. The van der Waals surface area contributed by atoms with Crippen LogP contribution in [0, 0.1) is 0 Å². The molecular weight excluding hydrogens is 330 g/mol. The highest BCUT2D eigenvalue weighted by atomic mass is 16.7. The number of hydrogen-bond donors (Lipinski definition) is 0. The topological polar surface area (TPSA) is 56.6 Å². The fourth-order valence-corrected chi connectivity index (χ4v) is 3.78. The Balaban J connectivity index is 1.48. The number of benzene rings is 1. The molecule has 1 aromatic heterocycles. The number of ether oxygens (including phenoxy) is 2. The predicted octanol–water partition coefficient (Wildman–Crippen LogP) is 3.43. The largest absolute Gasteiger partial charge is 0.454 e. The van der Waals surface area contributed by atoms with Crippen molar-refractivity contribution in [1.29, 1.82) is 0 Å². The smallest absolute Gasteiger partial charge is 0.254 e. The second-order valence-electron chi connectivity index (χ2n) is 6.99. The van der Waals surface area contributed by atoms with Crippen LogP contribution in [0.2, 0.25) is 0 Å². The van der Waals surface area contributed by atoms with Crippen LogP contribution in [0.4, 0.5) is 0 Å². The molecule has 1 saturated heterocycles. The standard InChI is InChI=1S/C20H25N3O3/c1-2-3-9-22-11-8-21-19(22)16-5-4-10-23(13-16)20(24)15-6-7-17-18(12-15)26-14-25-17/h6-8,11-12,16H,2-5,9-10,13-14H2,1H3. The van der Waals surface area contributed by atoms with Crippen molar-refractivity contribution in [3.05, 3.63) is 42.0 Å². The third-order valence-electron chi connectivity index (χ3n) is 5.19. The molecule has 0 spiro atoms. The average molecular weight is 355 g/mol. The van der Waals surface area contributed by atoms with Gasteiger partial charge in [0.2, 0.25) is 6.79 Å². The molecule has 138 valence electrons. The van der Waals surface area contributed by atoms with E-state index in [1.807, 2.05) is 23.2 Å². The number of piperidine rings is 1. The molecule has 0 N–H and O–H groups in total. The number of likely N-dealkylation sites (tertiary alicyclic amines) is 1. The predicted molar refractivity (Wildman–Crippen MR) is 97.6 cm³/mol. The number of carbonyl (C=O) groups excluding carboxylic acids is 1. The lowest BCUT2D eigenvalue weighted by atomic mass is 9.96. The van der Waals surface area contributed by atoms with Gasteiger partial charge < -0.3 is 18.9 Å². The molecule has 4 rings (SSSR count). The maximum atomic E-state index is 13.0. The fraction of sp³-hybridized carbons (Fsp3) is 0.500. The number of nitrogens with zero attached hydrogens (tertiary/aromatic N) is 3. The van der Waals surface area contributed by atoms with E-state index in [0.717, 1.165) is 51.1 Å². The normalized spacial score (nSPS) is 19.0. The van der Waals surface area contributed by atoms with E-state index in [1.165, 1.54) is 0 Å². The van der Waals surface area contributed by atoms with Crippen molar-refractivity contribution in [2.75, 3.05) is 19.9 Å². The summed E-state index contributed by atoms with van der Waals surface area (Å²) in [4.78, 5) is 19.5. The van der Waals surface area contributed by atoms with Crippen molar-refractivity contribution in [3.8, 4) is 11.5 Å². The Kier molecular flexibility index (Phi) is 4.82. The van der Waals surface area contributed by atoms with Crippen LogP contribution in [0.3, 0.4) is 0 Å². The summed E-state index contributed by atoms with van der Waals surface area (Å²) < 4.78 is 13.0. The molecule has 2 aromatic rings. The monoisotopic (exact) mass is 355 g/mol. The lowest BCUT2D eigenvalue weighted by Gasteiger charge is -2.32. The van der Waals surface area contributed by atoms with Gasteiger partial charge in [0, 0.05) is 43.5 Å². The first-order valence-corrected chi connectivity index (χ1v) is 9.46. The molecular formula is C20H25N3O3. The van der Waals surface area contributed by atoms with E-state index in [4.69, 9.17) is 9.47 Å². The van der Waals surface area contributed by atoms with Gasteiger partial charge in [-0.2, -0.15) is 0 Å². The SMILES string of the molecule is CCCCn1ccnc1C1CCCN(C(=O)c2ccc3c(c2)OCO3)C1. The maximum Gasteiger partial charge on any atom is 0.254 e. The molecule has 2 aliphatic heterocycles. The molecule has 1 fully saturated rings. The highest BCUT2D eigenvalue weighted by molar-refractivity contribution is 5.95. The molecule has 6 nitrogen and oxygen atoms in total. The van der Waals surface area contributed by atoms with Gasteiger partial charge in [-0.05, 0) is 37.5 Å². The number of fused-ring (bicyclic) bond motifs is 1. The van der Waals surface area contributed by atoms with E-state index in [-0.39, 0.29) is 12.7 Å². The minimum Gasteiger partial charge on any atom is -0.454 e. The quantitative estimate of drug-likeness (QED) is 0.824. The molecule has 0 saturated carbocycles. The third-order valence-corrected chi connectivity index (χ3v) is 5.19. The van der Waals surface area contributed by atoms with E-state index >= 15 is 0 Å². The number of imidazole rings is 1. The van der Waals surface area contributed by atoms with Gasteiger partial charge in [-0.3, -0.25) is 4.79 Å². The number of unbranched alkanes of at least 4 members (excludes halogenated alkanes) is 1. The van der Waals surface area contributed by atoms with Crippen LogP contribution in [0.15, 0.2) is 30.6 Å². The van der Waals surface area contributed by atoms with Crippen LogP contribution >= 0.6 is 0 Å². The van der Waals surface area contributed by atoms with Crippen molar-refractivity contribution < 1.29 is 14.3 Å². The number of aromatic nitrogens is 2. The minimum absolute atomic E-state index is 0.0552. The maximum absolute atomic E-state index is 13.0.